The fourth-order valence-corrected chi connectivity index (χ4v) is 0.782. The molecule has 1 rings (SSSR count). The van der Waals surface area contributed by atoms with Crippen LogP contribution in [0.25, 0.3) is 0 Å². The molecule has 0 fully saturated rings. The molecule has 1 aromatic rings. The number of nitrogens with one attached hydrogen (secondary N) is 1. The van der Waals surface area contributed by atoms with Crippen molar-refractivity contribution in [1.29, 1.82) is 0 Å². The van der Waals surface area contributed by atoms with E-state index in [-0.39, 0.29) is 5.69 Å². The third-order valence-corrected chi connectivity index (χ3v) is 1.29. The quantitative estimate of drug-likeness (QED) is 0.518. The predicted octanol–water partition coefficient (Wildman–Crippen LogP) is 1.80. The summed E-state index contributed by atoms with van der Waals surface area (Å²) in [5.74, 6) is 0. The van der Waals surface area contributed by atoms with Gasteiger partial charge in [0.15, 0.2) is 0 Å². The molecule has 0 spiro atoms. The van der Waals surface area contributed by atoms with E-state index in [4.69, 9.17) is 0 Å². The Bertz CT molecular complexity index is 273. The van der Waals surface area contributed by atoms with Gasteiger partial charge in [0.1, 0.15) is 5.69 Å². The summed E-state index contributed by atoms with van der Waals surface area (Å²) in [6.07, 6.45) is 0. The molecule has 0 aromatic heterocycles. The number of hydrogen-bond acceptors (Lipinski definition) is 3. The van der Waals surface area contributed by atoms with Crippen molar-refractivity contribution in [1.82, 2.24) is 0 Å². The van der Waals surface area contributed by atoms with E-state index >= 15 is 0 Å². The Morgan fingerprint density at radius 3 is 2.55 bits per heavy atom. The molecule has 0 amide bonds. The number of rotatable bonds is 2. The van der Waals surface area contributed by atoms with Crippen LogP contribution in [0, 0.1) is 17.2 Å². The Hall–Kier alpha value is -1.58. The van der Waals surface area contributed by atoms with Crippen LogP contribution in [0.2, 0.25) is 0 Å². The van der Waals surface area contributed by atoms with Crippen molar-refractivity contribution in [2.24, 2.45) is 0 Å². The number of nitro benzene ring substituents is 1. The second-order valence-corrected chi connectivity index (χ2v) is 1.95. The summed E-state index contributed by atoms with van der Waals surface area (Å²) >= 11 is 0. The van der Waals surface area contributed by atoms with Crippen molar-refractivity contribution in [3.05, 3.63) is 41.4 Å². The van der Waals surface area contributed by atoms with Crippen LogP contribution in [0.4, 0.5) is 11.4 Å². The highest BCUT2D eigenvalue weighted by molar-refractivity contribution is 5.61. The fraction of sp³-hybridized carbons (Fsp3) is 0. The molecule has 57 valence electrons. The van der Waals surface area contributed by atoms with Gasteiger partial charge in [-0.05, 0) is 6.07 Å². The Balaban J connectivity index is 3.12. The molecule has 1 aromatic carbocycles. The van der Waals surface area contributed by atoms with E-state index < -0.39 is 4.92 Å². The third kappa shape index (κ3) is 1.46. The highest BCUT2D eigenvalue weighted by Crippen LogP contribution is 2.22. The fourth-order valence-electron chi connectivity index (χ4n) is 0.782. The lowest BCUT2D eigenvalue weighted by Gasteiger charge is -1.98. The monoisotopic (exact) mass is 151 g/mol. The Morgan fingerprint density at radius 2 is 2.09 bits per heavy atom. The van der Waals surface area contributed by atoms with Gasteiger partial charge in [-0.1, -0.05) is 12.1 Å². The molecule has 4 heteroatoms. The smallest absolute Gasteiger partial charge is 0.292 e. The summed E-state index contributed by atoms with van der Waals surface area (Å²) in [4.78, 5) is 9.87. The molecule has 4 nitrogen and oxygen atoms in total. The van der Waals surface area contributed by atoms with E-state index in [1.807, 2.05) is 0 Å². The lowest BCUT2D eigenvalue weighted by atomic mass is 10.3. The van der Waals surface area contributed by atoms with E-state index in [1.54, 1.807) is 18.2 Å². The third-order valence-electron chi connectivity index (χ3n) is 1.29. The van der Waals surface area contributed by atoms with Gasteiger partial charge in [-0.2, -0.15) is 0 Å². The predicted molar refractivity (Wildman–Crippen MR) is 42.1 cm³/mol. The summed E-state index contributed by atoms with van der Waals surface area (Å²) < 4.78 is 0. The average molecular weight is 151 g/mol. The second-order valence-electron chi connectivity index (χ2n) is 1.95. The standard InChI is InChI=1S/C7H7N2O2/c1-8-6-4-2-3-5-7(6)9(10)11/h2-5,8H,1H2. The number of nitro groups is 1. The van der Waals surface area contributed by atoms with Crippen LogP contribution in [-0.4, -0.2) is 4.92 Å². The summed E-state index contributed by atoms with van der Waals surface area (Å²) in [6.45, 7) is 0. The van der Waals surface area contributed by atoms with E-state index in [2.05, 4.69) is 12.4 Å². The molecule has 0 aliphatic heterocycles. The molecule has 1 N–H and O–H groups in total. The van der Waals surface area contributed by atoms with Crippen LogP contribution >= 0.6 is 0 Å². The van der Waals surface area contributed by atoms with Gasteiger partial charge in [0.2, 0.25) is 0 Å². The first-order valence-electron chi connectivity index (χ1n) is 3.02. The van der Waals surface area contributed by atoms with Crippen molar-refractivity contribution in [2.75, 3.05) is 5.32 Å². The molecule has 0 atom stereocenters. The molecule has 0 heterocycles. The van der Waals surface area contributed by atoms with Crippen LogP contribution in [0.5, 0.6) is 0 Å². The zero-order chi connectivity index (χ0) is 8.27. The minimum absolute atomic E-state index is 0.0440. The lowest BCUT2D eigenvalue weighted by Crippen LogP contribution is -1.93. The van der Waals surface area contributed by atoms with Gasteiger partial charge in [-0.25, -0.2) is 0 Å². The lowest BCUT2D eigenvalue weighted by molar-refractivity contribution is -0.383. The SMILES string of the molecule is [CH2]Nc1ccccc1[N+](=O)[O-]. The number of anilines is 1. The molecular weight excluding hydrogens is 144 g/mol. The van der Waals surface area contributed by atoms with Gasteiger partial charge in [0.05, 0.1) is 4.92 Å². The molecule has 0 aliphatic carbocycles. The molecular formula is C7H7N2O2. The van der Waals surface area contributed by atoms with E-state index in [0.717, 1.165) is 0 Å². The van der Waals surface area contributed by atoms with Gasteiger partial charge in [-0.15, -0.1) is 0 Å². The normalized spacial score (nSPS) is 9.18. The molecule has 0 unspecified atom stereocenters. The van der Waals surface area contributed by atoms with Gasteiger partial charge in [-0.3, -0.25) is 10.1 Å². The maximum absolute atomic E-state index is 10.3. The topological polar surface area (TPSA) is 55.2 Å². The first kappa shape index (κ1) is 7.53. The Morgan fingerprint density at radius 1 is 1.45 bits per heavy atom. The van der Waals surface area contributed by atoms with Crippen molar-refractivity contribution in [3.8, 4) is 0 Å². The van der Waals surface area contributed by atoms with Crippen molar-refractivity contribution < 1.29 is 4.92 Å². The van der Waals surface area contributed by atoms with Gasteiger partial charge in [0, 0.05) is 13.1 Å². The summed E-state index contributed by atoms with van der Waals surface area (Å²) in [7, 11) is 3.34. The second kappa shape index (κ2) is 3.01. The molecule has 0 saturated heterocycles. The van der Waals surface area contributed by atoms with Gasteiger partial charge in [0.25, 0.3) is 5.69 Å². The largest absolute Gasteiger partial charge is 0.378 e. The zero-order valence-electron chi connectivity index (χ0n) is 5.78. The Labute approximate surface area is 64.0 Å². The summed E-state index contributed by atoms with van der Waals surface area (Å²) in [5, 5.41) is 12.8. The van der Waals surface area contributed by atoms with Crippen LogP contribution in [0.1, 0.15) is 0 Å². The van der Waals surface area contributed by atoms with Crippen molar-refractivity contribution in [3.63, 3.8) is 0 Å². The Kier molecular flexibility index (Phi) is 2.06. The highest BCUT2D eigenvalue weighted by atomic mass is 16.6. The number of nitrogens with zero attached hydrogens (tertiary/aromatic N) is 1. The van der Waals surface area contributed by atoms with Crippen LogP contribution in [0.3, 0.4) is 0 Å². The minimum atomic E-state index is -0.451. The minimum Gasteiger partial charge on any atom is -0.378 e. The zero-order valence-corrected chi connectivity index (χ0v) is 5.78. The van der Waals surface area contributed by atoms with Crippen LogP contribution in [0.15, 0.2) is 24.3 Å². The summed E-state index contributed by atoms with van der Waals surface area (Å²) in [6, 6.07) is 6.35. The number of para-hydroxylation sites is 2. The number of hydrogen-bond donors (Lipinski definition) is 1. The molecule has 0 saturated carbocycles. The van der Waals surface area contributed by atoms with Gasteiger partial charge < -0.3 is 5.32 Å². The maximum Gasteiger partial charge on any atom is 0.292 e. The maximum atomic E-state index is 10.3. The average Bonchev–Trinajstić information content (AvgIpc) is 2.04. The molecule has 11 heavy (non-hydrogen) atoms. The first-order valence-corrected chi connectivity index (χ1v) is 3.02. The summed E-state index contributed by atoms with van der Waals surface area (Å²) in [5.41, 5.74) is 0.472. The van der Waals surface area contributed by atoms with Crippen LogP contribution < -0.4 is 5.32 Å². The van der Waals surface area contributed by atoms with E-state index in [9.17, 15) is 10.1 Å². The highest BCUT2D eigenvalue weighted by Gasteiger charge is 2.09. The molecule has 0 aliphatic rings. The van der Waals surface area contributed by atoms with E-state index in [1.165, 1.54) is 6.07 Å². The molecule has 1 radical (unpaired) electrons. The van der Waals surface area contributed by atoms with Crippen molar-refractivity contribution >= 4 is 11.4 Å². The van der Waals surface area contributed by atoms with E-state index in [0.29, 0.717) is 5.69 Å². The first-order chi connectivity index (χ1) is 5.25. The molecule has 0 bridgehead atoms. The van der Waals surface area contributed by atoms with Crippen LogP contribution in [-0.2, 0) is 0 Å². The van der Waals surface area contributed by atoms with Crippen molar-refractivity contribution in [2.45, 2.75) is 0 Å². The van der Waals surface area contributed by atoms with Gasteiger partial charge >= 0.3 is 0 Å². The number of benzene rings is 1.